The van der Waals surface area contributed by atoms with Crippen LogP contribution in [-0.2, 0) is 0 Å². The Hall–Kier alpha value is -1.32. The van der Waals surface area contributed by atoms with Crippen LogP contribution in [0.2, 0.25) is 5.02 Å². The molecule has 0 aliphatic carbocycles. The second kappa shape index (κ2) is 7.92. The van der Waals surface area contributed by atoms with Crippen molar-refractivity contribution >= 4 is 28.2 Å². The van der Waals surface area contributed by atoms with Gasteiger partial charge in [-0.15, -0.1) is 0 Å². The number of rotatable bonds is 5. The van der Waals surface area contributed by atoms with Crippen LogP contribution >= 0.6 is 11.6 Å². The van der Waals surface area contributed by atoms with Gasteiger partial charge in [-0.2, -0.15) is 0 Å². The van der Waals surface area contributed by atoms with E-state index in [-0.39, 0.29) is 0 Å². The number of nitrogens with one attached hydrogen (secondary N) is 1. The number of pyridine rings is 1. The molecule has 2 atom stereocenters. The van der Waals surface area contributed by atoms with E-state index in [0.717, 1.165) is 34.4 Å². The van der Waals surface area contributed by atoms with E-state index in [1.54, 1.807) is 0 Å². The van der Waals surface area contributed by atoms with E-state index in [0.29, 0.717) is 0 Å². The lowest BCUT2D eigenvalue weighted by atomic mass is 9.83. The van der Waals surface area contributed by atoms with Crippen LogP contribution in [0, 0.1) is 5.92 Å². The zero-order valence-corrected chi connectivity index (χ0v) is 15.6. The Morgan fingerprint density at radius 2 is 2.12 bits per heavy atom. The summed E-state index contributed by atoms with van der Waals surface area (Å²) in [6, 6.07) is 8.88. The topological polar surface area (TPSA) is 28.2 Å². The van der Waals surface area contributed by atoms with Crippen LogP contribution in [0.15, 0.2) is 30.5 Å². The molecular weight excluding hydrogens is 330 g/mol. The predicted molar refractivity (Wildman–Crippen MR) is 106 cm³/mol. The van der Waals surface area contributed by atoms with E-state index in [1.807, 2.05) is 18.3 Å². The molecule has 2 fully saturated rings. The van der Waals surface area contributed by atoms with Crippen LogP contribution in [0.3, 0.4) is 0 Å². The molecule has 134 valence electrons. The zero-order valence-electron chi connectivity index (χ0n) is 14.9. The van der Waals surface area contributed by atoms with Gasteiger partial charge in [-0.1, -0.05) is 18.0 Å². The summed E-state index contributed by atoms with van der Waals surface area (Å²) in [6.45, 7) is 3.71. The van der Waals surface area contributed by atoms with Crippen molar-refractivity contribution in [1.82, 2.24) is 9.88 Å². The van der Waals surface area contributed by atoms with Crippen LogP contribution in [0.25, 0.3) is 10.9 Å². The van der Waals surface area contributed by atoms with Gasteiger partial charge in [0.1, 0.15) is 0 Å². The highest BCUT2D eigenvalue weighted by atomic mass is 35.5. The van der Waals surface area contributed by atoms with Gasteiger partial charge in [-0.25, -0.2) is 0 Å². The average Bonchev–Trinajstić information content (AvgIpc) is 2.65. The molecule has 0 amide bonds. The second-order valence-electron chi connectivity index (χ2n) is 7.66. The van der Waals surface area contributed by atoms with Crippen molar-refractivity contribution in [2.45, 2.75) is 51.0 Å². The van der Waals surface area contributed by atoms with E-state index >= 15 is 0 Å². The highest BCUT2D eigenvalue weighted by molar-refractivity contribution is 6.31. The molecule has 2 aliphatic rings. The van der Waals surface area contributed by atoms with Crippen molar-refractivity contribution in [2.24, 2.45) is 5.92 Å². The molecule has 3 heterocycles. The van der Waals surface area contributed by atoms with Crippen molar-refractivity contribution in [1.29, 1.82) is 0 Å². The Morgan fingerprint density at radius 1 is 1.16 bits per heavy atom. The van der Waals surface area contributed by atoms with Gasteiger partial charge >= 0.3 is 0 Å². The standard InChI is InChI=1S/C21H28ClN3/c22-17-6-7-19-20(8-11-24-21(19)15-17)23-10-3-4-16-9-13-25-12-2-1-5-18(25)14-16/h6-8,11,15-16,18H,1-5,9-10,12-14H2,(H,23,24)/t16-,18+/m0/s1. The van der Waals surface area contributed by atoms with E-state index in [9.17, 15) is 0 Å². The van der Waals surface area contributed by atoms with Crippen LogP contribution < -0.4 is 5.32 Å². The van der Waals surface area contributed by atoms with E-state index in [1.165, 1.54) is 63.7 Å². The second-order valence-corrected chi connectivity index (χ2v) is 8.10. The smallest absolute Gasteiger partial charge is 0.0737 e. The molecule has 0 saturated carbocycles. The third kappa shape index (κ3) is 4.09. The lowest BCUT2D eigenvalue weighted by molar-refractivity contribution is 0.0758. The van der Waals surface area contributed by atoms with Crippen LogP contribution in [0.5, 0.6) is 0 Å². The summed E-state index contributed by atoms with van der Waals surface area (Å²) in [7, 11) is 0. The SMILES string of the molecule is Clc1ccc2c(NCCC[C@H]3CCN4CCCC[C@@H]4C3)ccnc2c1. The number of hydrogen-bond acceptors (Lipinski definition) is 3. The molecule has 2 saturated heterocycles. The maximum absolute atomic E-state index is 6.07. The largest absolute Gasteiger partial charge is 0.384 e. The number of aromatic nitrogens is 1. The first kappa shape index (κ1) is 17.1. The molecule has 0 spiro atoms. The maximum Gasteiger partial charge on any atom is 0.0737 e. The summed E-state index contributed by atoms with van der Waals surface area (Å²) in [6.07, 6.45) is 11.6. The fourth-order valence-electron chi connectivity index (χ4n) is 4.62. The number of nitrogens with zero attached hydrogens (tertiary/aromatic N) is 2. The highest BCUT2D eigenvalue weighted by Crippen LogP contribution is 2.32. The van der Waals surface area contributed by atoms with Crippen molar-refractivity contribution in [3.8, 4) is 0 Å². The first-order valence-electron chi connectivity index (χ1n) is 9.82. The minimum Gasteiger partial charge on any atom is -0.384 e. The van der Waals surface area contributed by atoms with Crippen LogP contribution in [0.4, 0.5) is 5.69 Å². The number of piperidine rings is 2. The highest BCUT2D eigenvalue weighted by Gasteiger charge is 2.29. The average molecular weight is 358 g/mol. The van der Waals surface area contributed by atoms with Gasteiger partial charge < -0.3 is 10.2 Å². The summed E-state index contributed by atoms with van der Waals surface area (Å²) in [5.74, 6) is 0.925. The van der Waals surface area contributed by atoms with E-state index in [2.05, 4.69) is 27.3 Å². The number of halogens is 1. The Morgan fingerprint density at radius 3 is 3.08 bits per heavy atom. The minimum atomic E-state index is 0.742. The quantitative estimate of drug-likeness (QED) is 0.731. The number of fused-ring (bicyclic) bond motifs is 2. The van der Waals surface area contributed by atoms with Gasteiger partial charge in [-0.3, -0.25) is 4.98 Å². The number of hydrogen-bond donors (Lipinski definition) is 1. The van der Waals surface area contributed by atoms with Crippen molar-refractivity contribution in [2.75, 3.05) is 25.0 Å². The Labute approximate surface area is 155 Å². The van der Waals surface area contributed by atoms with Crippen LogP contribution in [-0.4, -0.2) is 35.6 Å². The molecule has 3 nitrogen and oxygen atoms in total. The van der Waals surface area contributed by atoms with Gasteiger partial charge in [0.2, 0.25) is 0 Å². The molecule has 25 heavy (non-hydrogen) atoms. The molecule has 0 unspecified atom stereocenters. The Kier molecular flexibility index (Phi) is 5.42. The first-order chi connectivity index (χ1) is 12.3. The fraction of sp³-hybridized carbons (Fsp3) is 0.571. The normalized spacial score (nSPS) is 24.2. The van der Waals surface area contributed by atoms with Gasteiger partial charge in [0, 0.05) is 34.9 Å². The van der Waals surface area contributed by atoms with Crippen molar-refractivity contribution < 1.29 is 0 Å². The predicted octanol–water partition coefficient (Wildman–Crippen LogP) is 5.34. The monoisotopic (exact) mass is 357 g/mol. The summed E-state index contributed by atoms with van der Waals surface area (Å²) < 4.78 is 0. The van der Waals surface area contributed by atoms with E-state index in [4.69, 9.17) is 11.6 Å². The molecule has 4 rings (SSSR count). The molecule has 1 N–H and O–H groups in total. The fourth-order valence-corrected chi connectivity index (χ4v) is 4.79. The number of anilines is 1. The third-order valence-electron chi connectivity index (χ3n) is 5.99. The minimum absolute atomic E-state index is 0.742. The lowest BCUT2D eigenvalue weighted by Crippen LogP contribution is -2.45. The molecule has 1 aromatic carbocycles. The zero-order chi connectivity index (χ0) is 17.1. The van der Waals surface area contributed by atoms with Crippen LogP contribution in [0.1, 0.15) is 44.9 Å². The van der Waals surface area contributed by atoms with Gasteiger partial charge in [0.15, 0.2) is 0 Å². The summed E-state index contributed by atoms with van der Waals surface area (Å²) >= 11 is 6.07. The maximum atomic E-state index is 6.07. The molecule has 0 radical (unpaired) electrons. The summed E-state index contributed by atoms with van der Waals surface area (Å²) in [5.41, 5.74) is 2.13. The summed E-state index contributed by atoms with van der Waals surface area (Å²) in [5, 5.41) is 5.51. The lowest BCUT2D eigenvalue weighted by Gasteiger charge is -2.42. The first-order valence-corrected chi connectivity index (χ1v) is 10.2. The van der Waals surface area contributed by atoms with Crippen molar-refractivity contribution in [3.05, 3.63) is 35.5 Å². The number of benzene rings is 1. The molecule has 2 aromatic rings. The Bertz CT molecular complexity index is 717. The molecule has 0 bridgehead atoms. The van der Waals surface area contributed by atoms with Gasteiger partial charge in [0.25, 0.3) is 0 Å². The molecule has 4 heteroatoms. The molecular formula is C21H28ClN3. The summed E-state index contributed by atoms with van der Waals surface area (Å²) in [4.78, 5) is 7.16. The molecule has 2 aliphatic heterocycles. The Balaban J connectivity index is 1.27. The molecule has 1 aromatic heterocycles. The van der Waals surface area contributed by atoms with E-state index < -0.39 is 0 Å². The van der Waals surface area contributed by atoms with Crippen molar-refractivity contribution in [3.63, 3.8) is 0 Å². The third-order valence-corrected chi connectivity index (χ3v) is 6.22. The van der Waals surface area contributed by atoms with Gasteiger partial charge in [0.05, 0.1) is 5.52 Å². The van der Waals surface area contributed by atoms with Gasteiger partial charge in [-0.05, 0) is 81.8 Å².